The molecular weight excluding hydrogens is 308 g/mol. The van der Waals surface area contributed by atoms with Crippen LogP contribution in [0.2, 0.25) is 0 Å². The molecule has 0 fully saturated rings. The summed E-state index contributed by atoms with van der Waals surface area (Å²) in [7, 11) is -4.01. The molecule has 0 spiro atoms. The number of aromatic amines is 1. The van der Waals surface area contributed by atoms with Gasteiger partial charge in [-0.25, -0.2) is 0 Å². The van der Waals surface area contributed by atoms with Gasteiger partial charge in [-0.3, -0.25) is 9.35 Å². The zero-order valence-corrected chi connectivity index (χ0v) is 12.6. The van der Waals surface area contributed by atoms with Gasteiger partial charge < -0.3 is 15.4 Å². The molecular formula is C14H18N2O5S. The molecule has 0 aliphatic rings. The van der Waals surface area contributed by atoms with Crippen LogP contribution in [0, 0.1) is 0 Å². The van der Waals surface area contributed by atoms with Crippen LogP contribution in [0.3, 0.4) is 0 Å². The minimum atomic E-state index is -4.01. The smallest absolute Gasteiger partial charge is 0.321 e. The first-order valence-electron chi connectivity index (χ1n) is 6.83. The summed E-state index contributed by atoms with van der Waals surface area (Å²) in [4.78, 5) is 14.4. The van der Waals surface area contributed by atoms with Gasteiger partial charge in [0.25, 0.3) is 10.1 Å². The summed E-state index contributed by atoms with van der Waals surface area (Å²) in [5, 5.41) is 13.0. The van der Waals surface area contributed by atoms with Crippen molar-refractivity contribution in [1.82, 2.24) is 10.3 Å². The number of aromatic nitrogens is 1. The van der Waals surface area contributed by atoms with Crippen LogP contribution in [0.1, 0.15) is 12.0 Å². The minimum Gasteiger partial charge on any atom is -0.480 e. The van der Waals surface area contributed by atoms with Gasteiger partial charge >= 0.3 is 5.97 Å². The van der Waals surface area contributed by atoms with Gasteiger partial charge in [-0.15, -0.1) is 0 Å². The number of carboxylic acid groups (broad SMARTS) is 1. The molecule has 120 valence electrons. The molecule has 2 rings (SSSR count). The first kappa shape index (κ1) is 16.5. The van der Waals surface area contributed by atoms with Gasteiger partial charge in [-0.2, -0.15) is 8.42 Å². The van der Waals surface area contributed by atoms with Crippen LogP contribution in [-0.4, -0.2) is 47.4 Å². The van der Waals surface area contributed by atoms with E-state index in [1.807, 2.05) is 24.3 Å². The molecule has 0 saturated carbocycles. The molecule has 0 unspecified atom stereocenters. The Balaban J connectivity index is 1.98. The SMILES string of the molecule is O=C(O)[C@H](Cc1c[nH]c2ccccc12)NCCCS(=O)(=O)O. The Morgan fingerprint density at radius 2 is 2.05 bits per heavy atom. The van der Waals surface area contributed by atoms with Crippen molar-refractivity contribution < 1.29 is 22.9 Å². The second-order valence-corrected chi connectivity index (χ2v) is 6.62. The van der Waals surface area contributed by atoms with Crippen molar-refractivity contribution in [2.24, 2.45) is 0 Å². The van der Waals surface area contributed by atoms with Crippen LogP contribution < -0.4 is 5.32 Å². The maximum Gasteiger partial charge on any atom is 0.321 e. The van der Waals surface area contributed by atoms with Gasteiger partial charge in [0, 0.05) is 23.5 Å². The maximum atomic E-state index is 11.3. The quantitative estimate of drug-likeness (QED) is 0.425. The largest absolute Gasteiger partial charge is 0.480 e. The Hall–Kier alpha value is -1.90. The number of carboxylic acids is 1. The number of benzene rings is 1. The Kier molecular flexibility index (Phi) is 5.17. The van der Waals surface area contributed by atoms with E-state index in [2.05, 4.69) is 10.3 Å². The number of para-hydroxylation sites is 1. The van der Waals surface area contributed by atoms with E-state index in [-0.39, 0.29) is 25.1 Å². The Morgan fingerprint density at radius 1 is 1.32 bits per heavy atom. The van der Waals surface area contributed by atoms with Crippen LogP contribution >= 0.6 is 0 Å². The predicted octanol–water partition coefficient (Wildman–Crippen LogP) is 1.03. The van der Waals surface area contributed by atoms with Crippen LogP contribution in [0.25, 0.3) is 10.9 Å². The fraction of sp³-hybridized carbons (Fsp3) is 0.357. The Morgan fingerprint density at radius 3 is 2.73 bits per heavy atom. The Bertz CT molecular complexity index is 753. The third-order valence-electron chi connectivity index (χ3n) is 3.37. The summed E-state index contributed by atoms with van der Waals surface area (Å²) in [5.74, 6) is -1.39. The third-order valence-corrected chi connectivity index (χ3v) is 4.17. The molecule has 1 atom stereocenters. The summed E-state index contributed by atoms with van der Waals surface area (Å²) in [6.07, 6.45) is 2.21. The Labute approximate surface area is 128 Å². The highest BCUT2D eigenvalue weighted by molar-refractivity contribution is 7.85. The zero-order chi connectivity index (χ0) is 16.2. The first-order chi connectivity index (χ1) is 10.4. The zero-order valence-electron chi connectivity index (χ0n) is 11.8. The molecule has 0 aliphatic carbocycles. The average Bonchev–Trinajstić information content (AvgIpc) is 2.84. The van der Waals surface area contributed by atoms with Crippen LogP contribution in [0.15, 0.2) is 30.5 Å². The fourth-order valence-electron chi connectivity index (χ4n) is 2.30. The molecule has 0 saturated heterocycles. The molecule has 7 nitrogen and oxygen atoms in total. The number of hydrogen-bond donors (Lipinski definition) is 4. The predicted molar refractivity (Wildman–Crippen MR) is 82.5 cm³/mol. The summed E-state index contributed by atoms with van der Waals surface area (Å²) in [6, 6.07) is 6.78. The molecule has 8 heteroatoms. The van der Waals surface area contributed by atoms with Crippen molar-refractivity contribution in [3.05, 3.63) is 36.0 Å². The third kappa shape index (κ3) is 4.55. The van der Waals surface area contributed by atoms with E-state index in [0.717, 1.165) is 16.5 Å². The standard InChI is InChI=1S/C14H18N2O5S/c17-14(18)13(15-6-3-7-22(19,20)21)8-10-9-16-12-5-2-1-4-11(10)12/h1-2,4-5,9,13,15-16H,3,6-8H2,(H,17,18)(H,19,20,21)/t13-/m0/s1. The molecule has 1 aromatic carbocycles. The van der Waals surface area contributed by atoms with Gasteiger partial charge in [0.15, 0.2) is 0 Å². The number of fused-ring (bicyclic) bond motifs is 1. The van der Waals surface area contributed by atoms with Gasteiger partial charge in [-0.1, -0.05) is 18.2 Å². The van der Waals surface area contributed by atoms with Crippen LogP contribution in [-0.2, 0) is 21.3 Å². The summed E-state index contributed by atoms with van der Waals surface area (Å²) < 4.78 is 29.9. The monoisotopic (exact) mass is 326 g/mol. The van der Waals surface area contributed by atoms with Crippen molar-refractivity contribution in [3.8, 4) is 0 Å². The lowest BCUT2D eigenvalue weighted by atomic mass is 10.1. The van der Waals surface area contributed by atoms with Crippen LogP contribution in [0.4, 0.5) is 0 Å². The van der Waals surface area contributed by atoms with Gasteiger partial charge in [-0.05, 0) is 24.6 Å². The number of aliphatic carboxylic acids is 1. The second-order valence-electron chi connectivity index (χ2n) is 5.05. The topological polar surface area (TPSA) is 119 Å². The highest BCUT2D eigenvalue weighted by atomic mass is 32.2. The maximum absolute atomic E-state index is 11.3. The van der Waals surface area contributed by atoms with Crippen molar-refractivity contribution in [3.63, 3.8) is 0 Å². The van der Waals surface area contributed by atoms with E-state index in [4.69, 9.17) is 4.55 Å². The fourth-order valence-corrected chi connectivity index (χ4v) is 2.81. The van der Waals surface area contributed by atoms with Crippen molar-refractivity contribution in [2.45, 2.75) is 18.9 Å². The van der Waals surface area contributed by atoms with E-state index >= 15 is 0 Å². The highest BCUT2D eigenvalue weighted by Gasteiger charge is 2.19. The molecule has 0 radical (unpaired) electrons. The number of rotatable bonds is 8. The first-order valence-corrected chi connectivity index (χ1v) is 8.44. The minimum absolute atomic E-state index is 0.149. The van der Waals surface area contributed by atoms with E-state index in [1.165, 1.54) is 0 Å². The summed E-state index contributed by atoms with van der Waals surface area (Å²) in [5.41, 5.74) is 1.82. The molecule has 1 aromatic heterocycles. The van der Waals surface area contributed by atoms with Gasteiger partial charge in [0.1, 0.15) is 6.04 Å². The molecule has 0 aliphatic heterocycles. The second kappa shape index (κ2) is 6.91. The molecule has 2 aromatic rings. The van der Waals surface area contributed by atoms with Crippen molar-refractivity contribution in [1.29, 1.82) is 0 Å². The summed E-state index contributed by atoms with van der Waals surface area (Å²) >= 11 is 0. The van der Waals surface area contributed by atoms with E-state index in [0.29, 0.717) is 0 Å². The van der Waals surface area contributed by atoms with Crippen molar-refractivity contribution in [2.75, 3.05) is 12.3 Å². The lowest BCUT2D eigenvalue weighted by molar-refractivity contribution is -0.139. The average molecular weight is 326 g/mol. The lowest BCUT2D eigenvalue weighted by Crippen LogP contribution is -2.39. The highest BCUT2D eigenvalue weighted by Crippen LogP contribution is 2.19. The number of H-pyrrole nitrogens is 1. The molecule has 4 N–H and O–H groups in total. The normalized spacial score (nSPS) is 13.3. The van der Waals surface area contributed by atoms with Gasteiger partial charge in [0.2, 0.25) is 0 Å². The van der Waals surface area contributed by atoms with Crippen molar-refractivity contribution >= 4 is 27.0 Å². The molecule has 22 heavy (non-hydrogen) atoms. The lowest BCUT2D eigenvalue weighted by Gasteiger charge is -2.13. The van der Waals surface area contributed by atoms with E-state index < -0.39 is 22.1 Å². The van der Waals surface area contributed by atoms with Crippen LogP contribution in [0.5, 0.6) is 0 Å². The summed E-state index contributed by atoms with van der Waals surface area (Å²) in [6.45, 7) is 0.194. The van der Waals surface area contributed by atoms with E-state index in [9.17, 15) is 18.3 Å². The molecule has 1 heterocycles. The van der Waals surface area contributed by atoms with E-state index in [1.54, 1.807) is 6.20 Å². The number of carbonyl (C=O) groups is 1. The number of nitrogens with one attached hydrogen (secondary N) is 2. The molecule has 0 bridgehead atoms. The van der Waals surface area contributed by atoms with Gasteiger partial charge in [0.05, 0.1) is 5.75 Å². The number of hydrogen-bond acceptors (Lipinski definition) is 4. The molecule has 0 amide bonds.